The van der Waals surface area contributed by atoms with Crippen LogP contribution < -0.4 is 16.0 Å². The van der Waals surface area contributed by atoms with Crippen molar-refractivity contribution in [1.82, 2.24) is 25.2 Å². The maximum atomic E-state index is 14.3. The van der Waals surface area contributed by atoms with Gasteiger partial charge >= 0.3 is 5.76 Å². The Morgan fingerprint density at radius 3 is 2.57 bits per heavy atom. The molecule has 1 fully saturated rings. The SMILES string of the molecule is CS(=O)(=O)N[C@H]1CCCC[C@@H]1N1C(=O)c2ccccc2[C@@H](C(=O)NOCc2cccc(-c3noc(=O)[nH]3)c2)[C@@H]1c1ccc(Cl)cc1. The summed E-state index contributed by atoms with van der Waals surface area (Å²) in [6.45, 7) is -0.00668. The first-order chi connectivity index (χ1) is 22.1. The second-order valence-corrected chi connectivity index (χ2v) is 13.7. The number of benzene rings is 3. The molecular formula is C32H32ClN5O7S. The van der Waals surface area contributed by atoms with E-state index in [0.717, 1.165) is 19.1 Å². The van der Waals surface area contributed by atoms with Crippen molar-refractivity contribution in [3.8, 4) is 11.4 Å². The Bertz CT molecular complexity index is 1910. The first kappa shape index (κ1) is 31.7. The summed E-state index contributed by atoms with van der Waals surface area (Å²) in [7, 11) is -3.58. The lowest BCUT2D eigenvalue weighted by Crippen LogP contribution is -2.59. The molecule has 2 heterocycles. The molecule has 46 heavy (non-hydrogen) atoms. The number of hydroxylamine groups is 1. The molecule has 0 saturated heterocycles. The molecule has 3 N–H and O–H groups in total. The third kappa shape index (κ3) is 6.77. The van der Waals surface area contributed by atoms with Crippen LogP contribution in [0.3, 0.4) is 0 Å². The molecule has 3 aromatic carbocycles. The number of H-pyrrole nitrogens is 1. The Morgan fingerprint density at radius 1 is 1.07 bits per heavy atom. The molecule has 6 rings (SSSR count). The molecule has 1 saturated carbocycles. The smallest absolute Gasteiger partial charge is 0.326 e. The van der Waals surface area contributed by atoms with Gasteiger partial charge in [-0.3, -0.25) is 23.9 Å². The van der Waals surface area contributed by atoms with E-state index < -0.39 is 45.7 Å². The van der Waals surface area contributed by atoms with Gasteiger partial charge in [0, 0.05) is 28.2 Å². The highest BCUT2D eigenvalue weighted by atomic mass is 35.5. The van der Waals surface area contributed by atoms with Gasteiger partial charge in [0.05, 0.1) is 24.8 Å². The number of halogens is 1. The molecule has 0 unspecified atom stereocenters. The second kappa shape index (κ2) is 13.2. The lowest BCUT2D eigenvalue weighted by molar-refractivity contribution is -0.138. The third-order valence-electron chi connectivity index (χ3n) is 8.37. The predicted octanol–water partition coefficient (Wildman–Crippen LogP) is 4.07. The molecule has 0 bridgehead atoms. The van der Waals surface area contributed by atoms with E-state index in [1.807, 2.05) is 0 Å². The van der Waals surface area contributed by atoms with Crippen LogP contribution in [0.1, 0.15) is 64.7 Å². The minimum absolute atomic E-state index is 0.00668. The van der Waals surface area contributed by atoms with Crippen LogP contribution in [0.25, 0.3) is 11.4 Å². The number of hydrogen-bond donors (Lipinski definition) is 3. The number of sulfonamides is 1. The Hall–Kier alpha value is -4.30. The highest BCUT2D eigenvalue weighted by molar-refractivity contribution is 7.88. The Balaban J connectivity index is 1.34. The van der Waals surface area contributed by atoms with Gasteiger partial charge in [0.2, 0.25) is 10.0 Å². The van der Waals surface area contributed by atoms with Crippen molar-refractivity contribution in [2.75, 3.05) is 6.26 Å². The van der Waals surface area contributed by atoms with Gasteiger partial charge < -0.3 is 4.90 Å². The molecule has 4 atom stereocenters. The fraction of sp³-hybridized carbons (Fsp3) is 0.312. The van der Waals surface area contributed by atoms with Crippen molar-refractivity contribution in [2.24, 2.45) is 0 Å². The number of nitrogens with one attached hydrogen (secondary N) is 3. The van der Waals surface area contributed by atoms with E-state index in [4.69, 9.17) is 16.4 Å². The monoisotopic (exact) mass is 665 g/mol. The molecular weight excluding hydrogens is 634 g/mol. The first-order valence-electron chi connectivity index (χ1n) is 14.8. The van der Waals surface area contributed by atoms with Gasteiger partial charge in [-0.05, 0) is 53.8 Å². The molecule has 0 radical (unpaired) electrons. The normalized spacial score (nSPS) is 21.5. The van der Waals surface area contributed by atoms with Crippen LogP contribution >= 0.6 is 11.6 Å². The molecule has 2 aliphatic rings. The molecule has 1 aromatic heterocycles. The van der Waals surface area contributed by atoms with E-state index >= 15 is 0 Å². The minimum Gasteiger partial charge on any atom is -0.326 e. The van der Waals surface area contributed by atoms with E-state index in [2.05, 4.69) is 24.9 Å². The van der Waals surface area contributed by atoms with E-state index in [-0.39, 0.29) is 18.3 Å². The van der Waals surface area contributed by atoms with Gasteiger partial charge in [-0.1, -0.05) is 78.1 Å². The van der Waals surface area contributed by atoms with Crippen LogP contribution in [0.5, 0.6) is 0 Å². The summed E-state index contributed by atoms with van der Waals surface area (Å²) >= 11 is 6.24. The quantitative estimate of drug-likeness (QED) is 0.225. The zero-order valence-corrected chi connectivity index (χ0v) is 26.4. The van der Waals surface area contributed by atoms with Gasteiger partial charge in [-0.2, -0.15) is 0 Å². The average molecular weight is 666 g/mol. The number of hydrogen-bond acceptors (Lipinski definition) is 8. The average Bonchev–Trinajstić information content (AvgIpc) is 3.47. The number of carbonyl (C=O) groups excluding carboxylic acids is 2. The summed E-state index contributed by atoms with van der Waals surface area (Å²) < 4.78 is 32.1. The first-order valence-corrected chi connectivity index (χ1v) is 17.1. The molecule has 14 heteroatoms. The fourth-order valence-corrected chi connectivity index (χ4v) is 7.44. The largest absolute Gasteiger partial charge is 0.439 e. The van der Waals surface area contributed by atoms with E-state index in [1.54, 1.807) is 77.7 Å². The van der Waals surface area contributed by atoms with Crippen LogP contribution in [0, 0.1) is 0 Å². The van der Waals surface area contributed by atoms with E-state index in [1.165, 1.54) is 0 Å². The lowest BCUT2D eigenvalue weighted by Gasteiger charge is -2.49. The Labute approximate surface area is 270 Å². The number of aromatic amines is 1. The van der Waals surface area contributed by atoms with Gasteiger partial charge in [-0.25, -0.2) is 23.4 Å². The lowest BCUT2D eigenvalue weighted by atomic mass is 9.76. The van der Waals surface area contributed by atoms with Crippen LogP contribution in [0.2, 0.25) is 5.02 Å². The molecule has 0 spiro atoms. The second-order valence-electron chi connectivity index (χ2n) is 11.5. The van der Waals surface area contributed by atoms with Crippen molar-refractivity contribution >= 4 is 33.4 Å². The molecule has 1 aliphatic heterocycles. The van der Waals surface area contributed by atoms with Crippen LogP contribution in [0.4, 0.5) is 0 Å². The van der Waals surface area contributed by atoms with Crippen molar-refractivity contribution in [2.45, 2.75) is 56.3 Å². The van der Waals surface area contributed by atoms with Crippen molar-refractivity contribution in [3.05, 3.63) is 111 Å². The highest BCUT2D eigenvalue weighted by Crippen LogP contribution is 2.46. The molecule has 12 nitrogen and oxygen atoms in total. The maximum Gasteiger partial charge on any atom is 0.439 e. The predicted molar refractivity (Wildman–Crippen MR) is 169 cm³/mol. The van der Waals surface area contributed by atoms with E-state index in [9.17, 15) is 22.8 Å². The zero-order valence-electron chi connectivity index (χ0n) is 24.8. The maximum absolute atomic E-state index is 14.3. The van der Waals surface area contributed by atoms with E-state index in [0.29, 0.717) is 45.7 Å². The number of carbonyl (C=O) groups is 2. The van der Waals surface area contributed by atoms with Gasteiger partial charge in [0.15, 0.2) is 5.82 Å². The van der Waals surface area contributed by atoms with Gasteiger partial charge in [-0.15, -0.1) is 0 Å². The molecule has 1 aliphatic carbocycles. The summed E-state index contributed by atoms with van der Waals surface area (Å²) in [5, 5.41) is 4.20. The number of fused-ring (bicyclic) bond motifs is 1. The number of aromatic nitrogens is 2. The summed E-state index contributed by atoms with van der Waals surface area (Å²) in [6.07, 6.45) is 3.82. The third-order valence-corrected chi connectivity index (χ3v) is 9.36. The van der Waals surface area contributed by atoms with Crippen LogP contribution in [-0.4, -0.2) is 53.6 Å². The standard InChI is InChI=1S/C32H32ClN5O7S/c1-46(42,43)37-25-11-4-5-12-26(25)38-28(20-13-15-22(33)16-14-20)27(23-9-2-3-10-24(23)31(38)40)30(39)36-44-18-19-7-6-8-21(17-19)29-34-32(41)45-35-29/h2-3,6-10,13-17,25-28,37H,4-5,11-12,18H2,1H3,(H,36,39)(H,34,35,41)/t25-,26-,27+,28-/m0/s1. The summed E-state index contributed by atoms with van der Waals surface area (Å²) in [4.78, 5) is 49.8. The van der Waals surface area contributed by atoms with Crippen molar-refractivity contribution in [3.63, 3.8) is 0 Å². The topological polar surface area (TPSA) is 164 Å². The van der Waals surface area contributed by atoms with Crippen molar-refractivity contribution in [1.29, 1.82) is 0 Å². The van der Waals surface area contributed by atoms with Gasteiger partial charge in [0.25, 0.3) is 11.8 Å². The molecule has 240 valence electrons. The van der Waals surface area contributed by atoms with Crippen molar-refractivity contribution < 1.29 is 27.4 Å². The van der Waals surface area contributed by atoms with Crippen LogP contribution in [-0.2, 0) is 26.3 Å². The highest BCUT2D eigenvalue weighted by Gasteiger charge is 2.49. The Kier molecular flexibility index (Phi) is 9.09. The summed E-state index contributed by atoms with van der Waals surface area (Å²) in [5.41, 5.74) is 5.46. The minimum atomic E-state index is -3.58. The number of amides is 2. The van der Waals surface area contributed by atoms with Gasteiger partial charge in [0.1, 0.15) is 0 Å². The number of rotatable bonds is 9. The summed E-state index contributed by atoms with van der Waals surface area (Å²) in [6, 6.07) is 19.1. The molecule has 4 aromatic rings. The van der Waals surface area contributed by atoms with Crippen LogP contribution in [0.15, 0.2) is 82.1 Å². The zero-order chi connectivity index (χ0) is 32.4. The number of nitrogens with zero attached hydrogens (tertiary/aromatic N) is 2. The Morgan fingerprint density at radius 2 is 1.83 bits per heavy atom. The summed E-state index contributed by atoms with van der Waals surface area (Å²) in [5.74, 6) is -2.08. The molecule has 2 amide bonds. The fourth-order valence-electron chi connectivity index (χ4n) is 6.49.